The Morgan fingerprint density at radius 2 is 1.65 bits per heavy atom. The van der Waals surface area contributed by atoms with Crippen LogP contribution in [-0.2, 0) is 26.2 Å². The number of nitrogens with one attached hydrogen (secondary N) is 1. The van der Waals surface area contributed by atoms with E-state index >= 15 is 0 Å². The van der Waals surface area contributed by atoms with Crippen molar-refractivity contribution in [2.45, 2.75) is 46.3 Å². The van der Waals surface area contributed by atoms with Crippen LogP contribution in [0.2, 0.25) is 0 Å². The minimum atomic E-state index is -3.91. The Balaban J connectivity index is 2.42. The molecule has 2 aromatic rings. The molecule has 0 saturated heterocycles. The maximum atomic E-state index is 13.4. The molecule has 34 heavy (non-hydrogen) atoms. The summed E-state index contributed by atoms with van der Waals surface area (Å²) in [5.41, 5.74) is 1.03. The fraction of sp³-hybridized carbons (Fsp3) is 0.375. The van der Waals surface area contributed by atoms with Crippen LogP contribution in [0.1, 0.15) is 43.6 Å². The summed E-state index contributed by atoms with van der Waals surface area (Å²) >= 11 is 0. The molecule has 0 spiro atoms. The van der Waals surface area contributed by atoms with Crippen LogP contribution in [0.25, 0.3) is 0 Å². The number of benzene rings is 2. The van der Waals surface area contributed by atoms with E-state index in [0.29, 0.717) is 11.1 Å². The monoisotopic (exact) mass is 491 g/mol. The van der Waals surface area contributed by atoms with Crippen molar-refractivity contribution >= 4 is 33.3 Å². The number of ketones is 1. The van der Waals surface area contributed by atoms with E-state index in [1.807, 2.05) is 0 Å². The number of hydrogen-bond acceptors (Lipinski definition) is 5. The zero-order valence-corrected chi connectivity index (χ0v) is 20.7. The second kappa shape index (κ2) is 11.2. The number of sulfonamides is 1. The maximum absolute atomic E-state index is 13.4. The molecule has 0 aliphatic carbocycles. The van der Waals surface area contributed by atoms with E-state index in [4.69, 9.17) is 0 Å². The van der Waals surface area contributed by atoms with Gasteiger partial charge in [-0.15, -0.1) is 0 Å². The molecule has 10 heteroatoms. The third-order valence-corrected chi connectivity index (χ3v) is 6.22. The first-order chi connectivity index (χ1) is 15.8. The van der Waals surface area contributed by atoms with Gasteiger partial charge in [0.15, 0.2) is 5.78 Å². The van der Waals surface area contributed by atoms with Crippen LogP contribution < -0.4 is 9.62 Å². The van der Waals surface area contributed by atoms with Gasteiger partial charge in [-0.3, -0.25) is 18.7 Å². The van der Waals surface area contributed by atoms with E-state index in [-0.39, 0.29) is 24.1 Å². The van der Waals surface area contributed by atoms with Gasteiger partial charge < -0.3 is 10.2 Å². The topological polar surface area (TPSA) is 104 Å². The highest BCUT2D eigenvalue weighted by atomic mass is 32.2. The summed E-state index contributed by atoms with van der Waals surface area (Å²) in [4.78, 5) is 39.1. The van der Waals surface area contributed by atoms with Crippen molar-refractivity contribution in [3.8, 4) is 0 Å². The fourth-order valence-electron chi connectivity index (χ4n) is 3.27. The zero-order chi connectivity index (χ0) is 25.6. The number of carbonyl (C=O) groups is 3. The van der Waals surface area contributed by atoms with Gasteiger partial charge in [0.05, 0.1) is 11.9 Å². The Hall–Kier alpha value is -3.27. The Morgan fingerprint density at radius 3 is 2.18 bits per heavy atom. The predicted molar refractivity (Wildman–Crippen MR) is 128 cm³/mol. The summed E-state index contributed by atoms with van der Waals surface area (Å²) in [5.74, 6) is -1.73. The minimum absolute atomic E-state index is 0.0309. The highest BCUT2D eigenvalue weighted by Gasteiger charge is 2.30. The molecule has 2 rings (SSSR count). The molecule has 1 N–H and O–H groups in total. The van der Waals surface area contributed by atoms with Crippen molar-refractivity contribution in [1.82, 2.24) is 10.2 Å². The van der Waals surface area contributed by atoms with Gasteiger partial charge in [-0.25, -0.2) is 12.8 Å². The molecule has 0 radical (unpaired) electrons. The van der Waals surface area contributed by atoms with Crippen molar-refractivity contribution in [3.05, 3.63) is 65.5 Å². The normalized spacial score (nSPS) is 12.2. The molecule has 0 aliphatic heterocycles. The fourth-order valence-corrected chi connectivity index (χ4v) is 4.11. The van der Waals surface area contributed by atoms with Gasteiger partial charge in [-0.05, 0) is 57.5 Å². The second-order valence-corrected chi connectivity index (χ2v) is 10.3. The second-order valence-electron chi connectivity index (χ2n) is 8.36. The minimum Gasteiger partial charge on any atom is -0.352 e. The molecule has 1 unspecified atom stereocenters. The standard InChI is InChI=1S/C24H30FN3O5S/c1-16(2)26-24(31)17(3)27(14-19-9-11-21(25)12-10-19)23(30)15-28(34(5,32)33)22-8-6-7-20(13-22)18(4)29/h6-13,16-17H,14-15H2,1-5H3,(H,26,31). The Kier molecular flexibility index (Phi) is 8.92. The molecule has 0 fully saturated rings. The summed E-state index contributed by atoms with van der Waals surface area (Å²) in [6.07, 6.45) is 0.958. The molecule has 184 valence electrons. The first-order valence-corrected chi connectivity index (χ1v) is 12.6. The maximum Gasteiger partial charge on any atom is 0.244 e. The largest absolute Gasteiger partial charge is 0.352 e. The number of Topliss-reactive ketones (excluding diaryl/α,β-unsaturated/α-hetero) is 1. The van der Waals surface area contributed by atoms with E-state index in [2.05, 4.69) is 5.32 Å². The number of carbonyl (C=O) groups excluding carboxylic acids is 3. The van der Waals surface area contributed by atoms with E-state index in [1.54, 1.807) is 26.8 Å². The van der Waals surface area contributed by atoms with Gasteiger partial charge in [0.2, 0.25) is 21.8 Å². The first kappa shape index (κ1) is 27.0. The number of nitrogens with zero attached hydrogens (tertiary/aromatic N) is 2. The molecule has 2 aromatic carbocycles. The number of anilines is 1. The molecule has 2 amide bonds. The number of amides is 2. The number of hydrogen-bond donors (Lipinski definition) is 1. The Bertz CT molecular complexity index is 1150. The van der Waals surface area contributed by atoms with Gasteiger partial charge in [0.1, 0.15) is 18.4 Å². The summed E-state index contributed by atoms with van der Waals surface area (Å²) in [5, 5.41) is 2.75. The third-order valence-electron chi connectivity index (χ3n) is 5.08. The van der Waals surface area contributed by atoms with Crippen LogP contribution in [0, 0.1) is 5.82 Å². The molecule has 0 aliphatic rings. The lowest BCUT2D eigenvalue weighted by Crippen LogP contribution is -2.52. The van der Waals surface area contributed by atoms with Crippen LogP contribution in [0.3, 0.4) is 0 Å². The molecule has 0 heterocycles. The third kappa shape index (κ3) is 7.38. The molecule has 8 nitrogen and oxygen atoms in total. The van der Waals surface area contributed by atoms with Gasteiger partial charge in [-0.1, -0.05) is 24.3 Å². The number of halogens is 1. The lowest BCUT2D eigenvalue weighted by molar-refractivity contribution is -0.139. The van der Waals surface area contributed by atoms with Crippen LogP contribution in [-0.4, -0.2) is 55.8 Å². The molecular weight excluding hydrogens is 461 g/mol. The zero-order valence-electron chi connectivity index (χ0n) is 19.9. The van der Waals surface area contributed by atoms with Crippen molar-refractivity contribution in [2.75, 3.05) is 17.1 Å². The summed E-state index contributed by atoms with van der Waals surface area (Å²) in [6, 6.07) is 10.3. The highest BCUT2D eigenvalue weighted by molar-refractivity contribution is 7.92. The van der Waals surface area contributed by atoms with Crippen molar-refractivity contribution in [3.63, 3.8) is 0 Å². The SMILES string of the molecule is CC(=O)c1cccc(N(CC(=O)N(Cc2ccc(F)cc2)C(C)C(=O)NC(C)C)S(C)(=O)=O)c1. The van der Waals surface area contributed by atoms with E-state index in [0.717, 1.165) is 10.6 Å². The summed E-state index contributed by atoms with van der Waals surface area (Å²) in [7, 11) is -3.91. The lowest BCUT2D eigenvalue weighted by atomic mass is 10.1. The van der Waals surface area contributed by atoms with Crippen LogP contribution in [0.5, 0.6) is 0 Å². The number of rotatable bonds is 10. The smallest absolute Gasteiger partial charge is 0.244 e. The first-order valence-electron chi connectivity index (χ1n) is 10.7. The van der Waals surface area contributed by atoms with Crippen molar-refractivity contribution < 1.29 is 27.2 Å². The predicted octanol–water partition coefficient (Wildman–Crippen LogP) is 2.74. The summed E-state index contributed by atoms with van der Waals surface area (Å²) < 4.78 is 39.4. The van der Waals surface area contributed by atoms with Crippen molar-refractivity contribution in [2.24, 2.45) is 0 Å². The molecular formula is C24H30FN3O5S. The van der Waals surface area contributed by atoms with Crippen LogP contribution >= 0.6 is 0 Å². The van der Waals surface area contributed by atoms with E-state index in [9.17, 15) is 27.2 Å². The molecule has 0 saturated carbocycles. The average Bonchev–Trinajstić information content (AvgIpc) is 2.75. The average molecular weight is 492 g/mol. The van der Waals surface area contributed by atoms with E-state index < -0.39 is 40.2 Å². The van der Waals surface area contributed by atoms with Gasteiger partial charge >= 0.3 is 0 Å². The van der Waals surface area contributed by atoms with Gasteiger partial charge in [0.25, 0.3) is 0 Å². The molecule has 0 aromatic heterocycles. The van der Waals surface area contributed by atoms with Gasteiger partial charge in [0, 0.05) is 18.2 Å². The van der Waals surface area contributed by atoms with Crippen LogP contribution in [0.15, 0.2) is 48.5 Å². The Morgan fingerprint density at radius 1 is 1.03 bits per heavy atom. The quantitative estimate of drug-likeness (QED) is 0.515. The Labute approximate surface area is 199 Å². The van der Waals surface area contributed by atoms with Crippen molar-refractivity contribution in [1.29, 1.82) is 0 Å². The van der Waals surface area contributed by atoms with Gasteiger partial charge in [-0.2, -0.15) is 0 Å². The lowest BCUT2D eigenvalue weighted by Gasteiger charge is -2.32. The van der Waals surface area contributed by atoms with Crippen LogP contribution in [0.4, 0.5) is 10.1 Å². The highest BCUT2D eigenvalue weighted by Crippen LogP contribution is 2.21. The molecule has 0 bridgehead atoms. The molecule has 1 atom stereocenters. The summed E-state index contributed by atoms with van der Waals surface area (Å²) in [6.45, 7) is 5.85. The van der Waals surface area contributed by atoms with E-state index in [1.165, 1.54) is 54.3 Å².